The van der Waals surface area contributed by atoms with Crippen molar-refractivity contribution in [2.24, 2.45) is 16.3 Å². The summed E-state index contributed by atoms with van der Waals surface area (Å²) in [6.45, 7) is 11.7. The number of amides is 2. The molecule has 4 rings (SSSR count). The maximum absolute atomic E-state index is 12.9. The third kappa shape index (κ3) is 8.01. The number of hydrogen-bond donors (Lipinski definition) is 4. The molecule has 1 atom stereocenters. The Bertz CT molecular complexity index is 2170. The summed E-state index contributed by atoms with van der Waals surface area (Å²) >= 11 is 0. The molecule has 278 valence electrons. The number of anilines is 1. The molecule has 0 saturated carbocycles. The second-order valence-electron chi connectivity index (χ2n) is 12.9. The minimum Gasteiger partial charge on any atom is -0.344 e. The molecule has 2 aromatic rings. The Balaban J connectivity index is 1.88. The molecule has 0 saturated heterocycles. The lowest BCUT2D eigenvalue weighted by Gasteiger charge is -2.31. The van der Waals surface area contributed by atoms with Gasteiger partial charge < -0.3 is 4.90 Å². The van der Waals surface area contributed by atoms with E-state index in [9.17, 15) is 35.5 Å². The van der Waals surface area contributed by atoms with Gasteiger partial charge in [-0.25, -0.2) is 10.9 Å². The monoisotopic (exact) mass is 753 g/mol. The van der Waals surface area contributed by atoms with E-state index in [1.807, 2.05) is 25.7 Å². The molecule has 16 heteroatoms. The van der Waals surface area contributed by atoms with Crippen LogP contribution in [0, 0.1) is 5.41 Å². The predicted octanol–water partition coefficient (Wildman–Crippen LogP) is 4.27. The minimum atomic E-state index is -4.62. The summed E-state index contributed by atoms with van der Waals surface area (Å²) in [6.07, 6.45) is 8.75. The van der Waals surface area contributed by atoms with E-state index < -0.39 is 42.7 Å². The normalized spacial score (nSPS) is 20.5. The highest BCUT2D eigenvalue weighted by molar-refractivity contribution is 7.86. The van der Waals surface area contributed by atoms with Crippen molar-refractivity contribution in [3.8, 4) is 0 Å². The molecule has 0 bridgehead atoms. The Morgan fingerprint density at radius 3 is 2.31 bits per heavy atom. The van der Waals surface area contributed by atoms with Crippen LogP contribution >= 0.6 is 0 Å². The van der Waals surface area contributed by atoms with Gasteiger partial charge in [0.1, 0.15) is 0 Å². The fraction of sp³-hybridized carbons (Fsp3) is 0.306. The number of carbonyl (C=O) groups is 2. The molecule has 1 unspecified atom stereocenters. The number of fused-ring (bicyclic) bond motifs is 1. The van der Waals surface area contributed by atoms with Gasteiger partial charge >= 0.3 is 0 Å². The van der Waals surface area contributed by atoms with Crippen LogP contribution in [0.1, 0.15) is 55.6 Å². The zero-order valence-electron chi connectivity index (χ0n) is 29.7. The van der Waals surface area contributed by atoms with Gasteiger partial charge in [-0.3, -0.25) is 34.0 Å². The summed E-state index contributed by atoms with van der Waals surface area (Å²) in [4.78, 5) is 36.3. The minimum absolute atomic E-state index is 0.0169. The first-order valence-corrected chi connectivity index (χ1v) is 19.1. The molecule has 2 aliphatic rings. The van der Waals surface area contributed by atoms with Gasteiger partial charge in [0.05, 0.1) is 34.6 Å². The first kappa shape index (κ1) is 40.1. The summed E-state index contributed by atoms with van der Waals surface area (Å²) in [5, 5.41) is 1.11. The van der Waals surface area contributed by atoms with Crippen molar-refractivity contribution in [1.29, 1.82) is 0 Å². The second-order valence-corrected chi connectivity index (χ2v) is 15.9. The maximum Gasteiger partial charge on any atom is 0.294 e. The summed E-state index contributed by atoms with van der Waals surface area (Å²) in [5.74, 6) is 3.93. The maximum atomic E-state index is 12.9. The molecular formula is C36H43N5O9S2. The number of nitrogens with one attached hydrogen (secondary N) is 1. The van der Waals surface area contributed by atoms with Crippen LogP contribution in [0.4, 0.5) is 5.69 Å². The number of nitrogens with two attached hydrogens (primary N) is 1. The van der Waals surface area contributed by atoms with Crippen LogP contribution < -0.4 is 16.2 Å². The van der Waals surface area contributed by atoms with Gasteiger partial charge in [0, 0.05) is 41.5 Å². The molecule has 52 heavy (non-hydrogen) atoms. The Kier molecular flexibility index (Phi) is 11.6. The number of aliphatic imine (C=N–C) groups is 1. The lowest BCUT2D eigenvalue weighted by molar-refractivity contribution is -0.163. The van der Waals surface area contributed by atoms with E-state index in [-0.39, 0.29) is 29.3 Å². The average molecular weight is 754 g/mol. The lowest BCUT2D eigenvalue weighted by atomic mass is 9.75. The van der Waals surface area contributed by atoms with Crippen LogP contribution in [0.25, 0.3) is 0 Å². The van der Waals surface area contributed by atoms with E-state index in [0.29, 0.717) is 39.5 Å². The van der Waals surface area contributed by atoms with Crippen molar-refractivity contribution < 1.29 is 40.4 Å². The van der Waals surface area contributed by atoms with Crippen LogP contribution in [0.5, 0.6) is 0 Å². The quantitative estimate of drug-likeness (QED) is 0.0791. The molecule has 0 aromatic heterocycles. The van der Waals surface area contributed by atoms with Gasteiger partial charge in [-0.1, -0.05) is 44.7 Å². The third-order valence-electron chi connectivity index (χ3n) is 9.34. The Morgan fingerprint density at radius 1 is 1.10 bits per heavy atom. The molecule has 0 fully saturated rings. The molecule has 0 aliphatic carbocycles. The molecule has 2 heterocycles. The van der Waals surface area contributed by atoms with Crippen molar-refractivity contribution in [1.82, 2.24) is 10.5 Å². The number of hydrazine groups is 1. The fourth-order valence-corrected chi connectivity index (χ4v) is 7.37. The fourth-order valence-electron chi connectivity index (χ4n) is 6.37. The van der Waals surface area contributed by atoms with E-state index in [4.69, 9.17) is 15.7 Å². The van der Waals surface area contributed by atoms with Crippen molar-refractivity contribution in [3.63, 3.8) is 0 Å². The van der Waals surface area contributed by atoms with Gasteiger partial charge in [-0.2, -0.15) is 16.8 Å². The topological polar surface area (TPSA) is 209 Å². The Hall–Kier alpha value is -4.71. The van der Waals surface area contributed by atoms with E-state index in [0.717, 1.165) is 10.6 Å². The SMILES string of the molecule is C=C1N=C(/C=C/C=C2/N(CCCS(=O)(=O)O)c3ccc(S(=O)(=O)O)cc3C2(C)c2ccc(C(=O)NN)cc2)C(C)(C)/C1=C/C(=C\C)C(=O)N(C)OC. The number of rotatable bonds is 12. The van der Waals surface area contributed by atoms with Crippen molar-refractivity contribution in [2.75, 3.05) is 31.4 Å². The van der Waals surface area contributed by atoms with Crippen LogP contribution in [-0.2, 0) is 35.3 Å². The molecule has 2 aliphatic heterocycles. The van der Waals surface area contributed by atoms with Gasteiger partial charge in [0.15, 0.2) is 0 Å². The average Bonchev–Trinajstić information content (AvgIpc) is 3.45. The van der Waals surface area contributed by atoms with Crippen LogP contribution in [0.15, 0.2) is 112 Å². The van der Waals surface area contributed by atoms with Gasteiger partial charge in [-0.15, -0.1) is 0 Å². The van der Waals surface area contributed by atoms with E-state index in [1.165, 1.54) is 32.4 Å². The highest BCUT2D eigenvalue weighted by Gasteiger charge is 2.45. The summed E-state index contributed by atoms with van der Waals surface area (Å²) < 4.78 is 67.4. The number of allylic oxidation sites excluding steroid dienone is 6. The van der Waals surface area contributed by atoms with E-state index in [1.54, 1.807) is 61.6 Å². The molecule has 2 aromatic carbocycles. The Morgan fingerprint density at radius 2 is 1.75 bits per heavy atom. The molecule has 2 amide bonds. The van der Waals surface area contributed by atoms with Crippen LogP contribution in [0.3, 0.4) is 0 Å². The lowest BCUT2D eigenvalue weighted by Crippen LogP contribution is -2.32. The van der Waals surface area contributed by atoms with Crippen molar-refractivity contribution in [2.45, 2.75) is 44.4 Å². The number of nitrogen functional groups attached to an aromatic ring is 1. The summed E-state index contributed by atoms with van der Waals surface area (Å²) in [5.41, 5.74) is 4.99. The van der Waals surface area contributed by atoms with Gasteiger partial charge in [-0.05, 0) is 85.5 Å². The molecule has 0 radical (unpaired) electrons. The predicted molar refractivity (Wildman–Crippen MR) is 198 cm³/mol. The summed E-state index contributed by atoms with van der Waals surface area (Å²) in [7, 11) is -6.01. The zero-order valence-corrected chi connectivity index (χ0v) is 31.4. The van der Waals surface area contributed by atoms with Gasteiger partial charge in [0.25, 0.3) is 32.1 Å². The highest BCUT2D eigenvalue weighted by Crippen LogP contribution is 2.52. The first-order valence-electron chi connectivity index (χ1n) is 16.0. The second kappa shape index (κ2) is 15.1. The number of hydrogen-bond acceptors (Lipinski definition) is 10. The highest BCUT2D eigenvalue weighted by atomic mass is 32.2. The van der Waals surface area contributed by atoms with Crippen LogP contribution in [-0.4, -0.2) is 75.0 Å². The van der Waals surface area contributed by atoms with E-state index in [2.05, 4.69) is 12.0 Å². The first-order chi connectivity index (χ1) is 24.2. The number of carbonyl (C=O) groups excluding carboxylic acids is 2. The number of benzene rings is 2. The third-order valence-corrected chi connectivity index (χ3v) is 11.0. The smallest absolute Gasteiger partial charge is 0.294 e. The summed E-state index contributed by atoms with van der Waals surface area (Å²) in [6, 6.07) is 10.6. The number of hydroxylamine groups is 2. The van der Waals surface area contributed by atoms with Crippen molar-refractivity contribution in [3.05, 3.63) is 119 Å². The molecule has 0 spiro atoms. The zero-order chi connectivity index (χ0) is 38.8. The van der Waals surface area contributed by atoms with E-state index >= 15 is 0 Å². The largest absolute Gasteiger partial charge is 0.344 e. The Labute approximate surface area is 304 Å². The molecule has 5 N–H and O–H groups in total. The molecular weight excluding hydrogens is 711 g/mol. The van der Waals surface area contributed by atoms with Crippen molar-refractivity contribution >= 4 is 43.4 Å². The van der Waals surface area contributed by atoms with Gasteiger partial charge in [0.2, 0.25) is 0 Å². The molecule has 14 nitrogen and oxygen atoms in total. The standard InChI is InChI=1S/C36H43N5O9S2/c1-8-24(34(43)40(6)50-7)21-28-23(2)38-31(35(28,3)4)11-9-12-32-36(5,26-15-13-25(14-16-26)33(42)39-37)29-22-27(52(47,48)49)17-18-30(29)41(32)19-10-20-51(44,45)46/h8-9,11-18,21-22H,2,10,19-20,37H2,1,3-7H3,(H,39,42)(H,44,45,46)(H,47,48,49)/b11-9+,24-8+,28-21+,32-12+. The van der Waals surface area contributed by atoms with Crippen LogP contribution in [0.2, 0.25) is 0 Å². The number of likely N-dealkylation sites (N-methyl/N-ethyl adjacent to an activating group) is 1. The number of nitrogens with zero attached hydrogens (tertiary/aromatic N) is 3.